The van der Waals surface area contributed by atoms with Crippen molar-refractivity contribution in [2.75, 3.05) is 6.61 Å². The number of fused-ring (bicyclic) bond motifs is 1. The summed E-state index contributed by atoms with van der Waals surface area (Å²) in [6.45, 7) is 1.51. The molecule has 0 bridgehead atoms. The summed E-state index contributed by atoms with van der Waals surface area (Å²) in [6.07, 6.45) is 0. The standard InChI is InChI=1S/C19H15ClFNO4/c1-11-6-19(24)26-16-8-17(14(20)7-13(11)16)25-10-18(23)22-9-12-4-2-3-5-15(12)21/h2-8H,9-10H2,1H3,(H,22,23). The number of halogens is 2. The van der Waals surface area contributed by atoms with Crippen LogP contribution in [0.3, 0.4) is 0 Å². The average Bonchev–Trinajstić information content (AvgIpc) is 2.60. The lowest BCUT2D eigenvalue weighted by Gasteiger charge is -2.10. The van der Waals surface area contributed by atoms with Gasteiger partial charge in [-0.2, -0.15) is 0 Å². The third-order valence-electron chi connectivity index (χ3n) is 3.80. The van der Waals surface area contributed by atoms with Crippen LogP contribution in [0.4, 0.5) is 4.39 Å². The van der Waals surface area contributed by atoms with Gasteiger partial charge < -0.3 is 14.5 Å². The first-order valence-corrected chi connectivity index (χ1v) is 8.19. The molecule has 0 aliphatic carbocycles. The van der Waals surface area contributed by atoms with Crippen LogP contribution in [0.1, 0.15) is 11.1 Å². The van der Waals surface area contributed by atoms with E-state index in [0.717, 1.165) is 5.56 Å². The zero-order valence-corrected chi connectivity index (χ0v) is 14.6. The van der Waals surface area contributed by atoms with E-state index in [1.807, 2.05) is 0 Å². The molecule has 0 fully saturated rings. The molecule has 134 valence electrons. The summed E-state index contributed by atoms with van der Waals surface area (Å²) in [5.41, 5.74) is 0.946. The molecule has 0 atom stereocenters. The number of aryl methyl sites for hydroxylation is 1. The van der Waals surface area contributed by atoms with E-state index in [0.29, 0.717) is 16.5 Å². The number of amides is 1. The minimum absolute atomic E-state index is 0.0500. The molecule has 0 aliphatic rings. The Morgan fingerprint density at radius 1 is 1.27 bits per heavy atom. The quantitative estimate of drug-likeness (QED) is 0.692. The molecule has 0 aliphatic heterocycles. The SMILES string of the molecule is Cc1cc(=O)oc2cc(OCC(=O)NCc3ccccc3F)c(Cl)cc12. The van der Waals surface area contributed by atoms with Gasteiger partial charge in [-0.1, -0.05) is 29.8 Å². The summed E-state index contributed by atoms with van der Waals surface area (Å²) in [7, 11) is 0. The van der Waals surface area contributed by atoms with Gasteiger partial charge in [-0.05, 0) is 24.6 Å². The van der Waals surface area contributed by atoms with Crippen LogP contribution in [0.2, 0.25) is 5.02 Å². The summed E-state index contributed by atoms with van der Waals surface area (Å²) < 4.78 is 24.1. The molecular formula is C19H15ClFNO4. The average molecular weight is 376 g/mol. The van der Waals surface area contributed by atoms with E-state index in [1.54, 1.807) is 31.2 Å². The molecule has 0 spiro atoms. The fraction of sp³-hybridized carbons (Fsp3) is 0.158. The van der Waals surface area contributed by atoms with Crippen LogP contribution in [0.15, 0.2) is 51.7 Å². The number of rotatable bonds is 5. The third kappa shape index (κ3) is 4.03. The van der Waals surface area contributed by atoms with Crippen molar-refractivity contribution >= 4 is 28.5 Å². The van der Waals surface area contributed by atoms with Gasteiger partial charge in [0, 0.05) is 29.6 Å². The first-order valence-electron chi connectivity index (χ1n) is 7.81. The second-order valence-electron chi connectivity index (χ2n) is 5.68. The van der Waals surface area contributed by atoms with Gasteiger partial charge in [0.15, 0.2) is 6.61 Å². The van der Waals surface area contributed by atoms with Crippen molar-refractivity contribution in [2.45, 2.75) is 13.5 Å². The van der Waals surface area contributed by atoms with Gasteiger partial charge in [-0.15, -0.1) is 0 Å². The predicted molar refractivity (Wildman–Crippen MR) is 96.0 cm³/mol. The molecule has 1 heterocycles. The Balaban J connectivity index is 1.67. The van der Waals surface area contributed by atoms with Crippen LogP contribution in [0.5, 0.6) is 5.75 Å². The van der Waals surface area contributed by atoms with Gasteiger partial charge in [-0.3, -0.25) is 4.79 Å². The van der Waals surface area contributed by atoms with E-state index < -0.39 is 17.3 Å². The topological polar surface area (TPSA) is 68.5 Å². The van der Waals surface area contributed by atoms with Gasteiger partial charge >= 0.3 is 5.63 Å². The van der Waals surface area contributed by atoms with E-state index in [9.17, 15) is 14.0 Å². The number of carbonyl (C=O) groups excluding carboxylic acids is 1. The minimum Gasteiger partial charge on any atom is -0.482 e. The number of nitrogens with one attached hydrogen (secondary N) is 1. The highest BCUT2D eigenvalue weighted by molar-refractivity contribution is 6.32. The minimum atomic E-state index is -0.481. The Kier molecular flexibility index (Phi) is 5.23. The summed E-state index contributed by atoms with van der Waals surface area (Å²) in [5.74, 6) is -0.610. The Hall–Kier alpha value is -2.86. The van der Waals surface area contributed by atoms with Crippen molar-refractivity contribution in [1.29, 1.82) is 0 Å². The zero-order chi connectivity index (χ0) is 18.7. The second kappa shape index (κ2) is 7.58. The van der Waals surface area contributed by atoms with E-state index in [2.05, 4.69) is 5.32 Å². The molecule has 3 aromatic rings. The first kappa shape index (κ1) is 17.9. The van der Waals surface area contributed by atoms with Crippen LogP contribution in [0.25, 0.3) is 11.0 Å². The molecule has 26 heavy (non-hydrogen) atoms. The molecule has 7 heteroatoms. The van der Waals surface area contributed by atoms with Crippen molar-refractivity contribution in [3.05, 3.63) is 74.9 Å². The third-order valence-corrected chi connectivity index (χ3v) is 4.09. The monoisotopic (exact) mass is 375 g/mol. The van der Waals surface area contributed by atoms with Crippen molar-refractivity contribution in [3.8, 4) is 5.75 Å². The van der Waals surface area contributed by atoms with Gasteiger partial charge in [0.1, 0.15) is 17.1 Å². The van der Waals surface area contributed by atoms with E-state index in [4.69, 9.17) is 20.8 Å². The maximum Gasteiger partial charge on any atom is 0.336 e. The van der Waals surface area contributed by atoms with Crippen LogP contribution >= 0.6 is 11.6 Å². The van der Waals surface area contributed by atoms with Crippen molar-refractivity contribution in [3.63, 3.8) is 0 Å². The summed E-state index contributed by atoms with van der Waals surface area (Å²) in [4.78, 5) is 23.4. The zero-order valence-electron chi connectivity index (χ0n) is 13.8. The molecule has 0 unspecified atom stereocenters. The highest BCUT2D eigenvalue weighted by Crippen LogP contribution is 2.30. The number of ether oxygens (including phenoxy) is 1. The molecule has 0 radical (unpaired) electrons. The van der Waals surface area contributed by atoms with Gasteiger partial charge in [0.25, 0.3) is 5.91 Å². The fourth-order valence-corrected chi connectivity index (χ4v) is 2.68. The first-order chi connectivity index (χ1) is 12.4. The normalized spacial score (nSPS) is 10.7. The van der Waals surface area contributed by atoms with Gasteiger partial charge in [0.2, 0.25) is 0 Å². The number of benzene rings is 2. The molecule has 3 rings (SSSR count). The lowest BCUT2D eigenvalue weighted by molar-refractivity contribution is -0.123. The fourth-order valence-electron chi connectivity index (χ4n) is 2.46. The number of hydrogen-bond donors (Lipinski definition) is 1. The maximum absolute atomic E-state index is 13.5. The molecule has 5 nitrogen and oxygen atoms in total. The van der Waals surface area contributed by atoms with Crippen LogP contribution in [-0.4, -0.2) is 12.5 Å². The summed E-state index contributed by atoms with van der Waals surface area (Å²) in [6, 6.07) is 10.6. The molecule has 1 N–H and O–H groups in total. The van der Waals surface area contributed by atoms with Crippen molar-refractivity contribution in [2.24, 2.45) is 0 Å². The van der Waals surface area contributed by atoms with Crippen LogP contribution < -0.4 is 15.7 Å². The Morgan fingerprint density at radius 3 is 2.81 bits per heavy atom. The summed E-state index contributed by atoms with van der Waals surface area (Å²) in [5, 5.41) is 3.54. The maximum atomic E-state index is 13.5. The molecule has 1 amide bonds. The predicted octanol–water partition coefficient (Wildman–Crippen LogP) is 3.59. The highest BCUT2D eigenvalue weighted by atomic mass is 35.5. The van der Waals surface area contributed by atoms with Gasteiger partial charge in [0.05, 0.1) is 5.02 Å². The van der Waals surface area contributed by atoms with Crippen LogP contribution in [-0.2, 0) is 11.3 Å². The van der Waals surface area contributed by atoms with E-state index >= 15 is 0 Å². The highest BCUT2D eigenvalue weighted by Gasteiger charge is 2.11. The Bertz CT molecular complexity index is 1030. The van der Waals surface area contributed by atoms with E-state index in [-0.39, 0.29) is 23.9 Å². The molecular weight excluding hydrogens is 361 g/mol. The Morgan fingerprint density at radius 2 is 2.04 bits per heavy atom. The van der Waals surface area contributed by atoms with Crippen molar-refractivity contribution < 1.29 is 18.3 Å². The lowest BCUT2D eigenvalue weighted by Crippen LogP contribution is -2.28. The molecule has 1 aromatic heterocycles. The van der Waals surface area contributed by atoms with E-state index in [1.165, 1.54) is 18.2 Å². The largest absolute Gasteiger partial charge is 0.482 e. The second-order valence-corrected chi connectivity index (χ2v) is 6.09. The van der Waals surface area contributed by atoms with Crippen LogP contribution in [0, 0.1) is 12.7 Å². The van der Waals surface area contributed by atoms with Gasteiger partial charge in [-0.25, -0.2) is 9.18 Å². The number of carbonyl (C=O) groups is 1. The molecule has 0 saturated heterocycles. The molecule has 0 saturated carbocycles. The Labute approximate surface area is 153 Å². The number of hydrogen-bond acceptors (Lipinski definition) is 4. The smallest absolute Gasteiger partial charge is 0.336 e. The van der Waals surface area contributed by atoms with Crippen molar-refractivity contribution in [1.82, 2.24) is 5.32 Å². The summed E-state index contributed by atoms with van der Waals surface area (Å²) >= 11 is 6.17. The lowest BCUT2D eigenvalue weighted by atomic mass is 10.1. The molecule has 2 aromatic carbocycles.